The molecule has 2 aliphatic rings. The SMILES string of the molecule is Cc1ccccc1-n1nc(-c2c(-c3ccc(F)cc3)nn3c2NCC(CN2CCN(C)CC2)C3)ccc1=O.Cl.Cl. The normalized spacial score (nSPS) is 17.3. The molecule has 11 heteroatoms. The van der Waals surface area contributed by atoms with Crippen LogP contribution in [0.25, 0.3) is 28.2 Å². The van der Waals surface area contributed by atoms with Gasteiger partial charge in [0, 0.05) is 63.4 Å². The van der Waals surface area contributed by atoms with Gasteiger partial charge in [-0.1, -0.05) is 18.2 Å². The largest absolute Gasteiger partial charge is 0.369 e. The minimum Gasteiger partial charge on any atom is -0.369 e. The van der Waals surface area contributed by atoms with Crippen LogP contribution in [0.2, 0.25) is 0 Å². The van der Waals surface area contributed by atoms with E-state index in [1.165, 1.54) is 16.8 Å². The molecule has 0 aliphatic carbocycles. The van der Waals surface area contributed by atoms with Crippen LogP contribution in [0.15, 0.2) is 65.5 Å². The van der Waals surface area contributed by atoms with Gasteiger partial charge in [0.05, 0.1) is 16.9 Å². The Bertz CT molecular complexity index is 1510. The number of nitrogens with one attached hydrogen (secondary N) is 1. The van der Waals surface area contributed by atoms with Gasteiger partial charge < -0.3 is 15.1 Å². The molecule has 1 fully saturated rings. The van der Waals surface area contributed by atoms with E-state index in [4.69, 9.17) is 10.2 Å². The molecule has 0 spiro atoms. The van der Waals surface area contributed by atoms with Crippen LogP contribution in [0.3, 0.4) is 0 Å². The molecule has 1 atom stereocenters. The van der Waals surface area contributed by atoms with Crippen molar-refractivity contribution in [2.24, 2.45) is 5.92 Å². The van der Waals surface area contributed by atoms with Crippen LogP contribution < -0.4 is 10.9 Å². The first-order valence-electron chi connectivity index (χ1n) is 13.1. The van der Waals surface area contributed by atoms with E-state index in [0.717, 1.165) is 79.7 Å². The van der Waals surface area contributed by atoms with Crippen LogP contribution in [0.1, 0.15) is 5.56 Å². The Balaban J connectivity index is 0.00000185. The van der Waals surface area contributed by atoms with Gasteiger partial charge in [0.15, 0.2) is 0 Å². The van der Waals surface area contributed by atoms with Crippen molar-refractivity contribution in [3.05, 3.63) is 82.4 Å². The number of benzene rings is 2. The maximum atomic E-state index is 13.8. The molecule has 2 aromatic carbocycles. The van der Waals surface area contributed by atoms with E-state index in [2.05, 4.69) is 22.2 Å². The Hall–Kier alpha value is -3.24. The molecule has 2 aromatic heterocycles. The third-order valence-corrected chi connectivity index (χ3v) is 7.57. The van der Waals surface area contributed by atoms with E-state index in [0.29, 0.717) is 11.6 Å². The lowest BCUT2D eigenvalue weighted by Gasteiger charge is -2.36. The Morgan fingerprint density at radius 3 is 2.40 bits per heavy atom. The summed E-state index contributed by atoms with van der Waals surface area (Å²) in [5.41, 5.74) is 4.47. The molecule has 4 heterocycles. The van der Waals surface area contributed by atoms with Crippen LogP contribution in [0.4, 0.5) is 10.2 Å². The highest BCUT2D eigenvalue weighted by Gasteiger charge is 2.29. The van der Waals surface area contributed by atoms with Gasteiger partial charge in [0.2, 0.25) is 0 Å². The first-order chi connectivity index (χ1) is 18.5. The van der Waals surface area contributed by atoms with E-state index >= 15 is 0 Å². The van der Waals surface area contributed by atoms with E-state index in [9.17, 15) is 9.18 Å². The lowest BCUT2D eigenvalue weighted by Crippen LogP contribution is -2.47. The fourth-order valence-electron chi connectivity index (χ4n) is 5.41. The number of aryl methyl sites for hydroxylation is 1. The van der Waals surface area contributed by atoms with Crippen LogP contribution in [-0.4, -0.2) is 75.7 Å². The van der Waals surface area contributed by atoms with E-state index in [-0.39, 0.29) is 36.2 Å². The van der Waals surface area contributed by atoms with Crippen LogP contribution >= 0.6 is 24.8 Å². The molecular weight excluding hydrogens is 552 g/mol. The fourth-order valence-corrected chi connectivity index (χ4v) is 5.41. The Morgan fingerprint density at radius 1 is 0.950 bits per heavy atom. The summed E-state index contributed by atoms with van der Waals surface area (Å²) in [5, 5.41) is 13.4. The molecule has 0 bridgehead atoms. The second-order valence-electron chi connectivity index (χ2n) is 10.4. The summed E-state index contributed by atoms with van der Waals surface area (Å²) in [4.78, 5) is 17.7. The zero-order valence-corrected chi connectivity index (χ0v) is 24.2. The lowest BCUT2D eigenvalue weighted by molar-refractivity contribution is 0.131. The van der Waals surface area contributed by atoms with Crippen molar-refractivity contribution in [2.45, 2.75) is 13.5 Å². The summed E-state index contributed by atoms with van der Waals surface area (Å²) in [6.07, 6.45) is 0. The number of fused-ring (bicyclic) bond motifs is 1. The summed E-state index contributed by atoms with van der Waals surface area (Å²) in [6, 6.07) is 17.4. The molecule has 1 unspecified atom stereocenters. The Kier molecular flexibility index (Phi) is 9.30. The molecule has 4 aromatic rings. The Labute approximate surface area is 245 Å². The highest BCUT2D eigenvalue weighted by Crippen LogP contribution is 2.38. The lowest BCUT2D eigenvalue weighted by atomic mass is 10.0. The number of aromatic nitrogens is 4. The average molecular weight is 587 g/mol. The summed E-state index contributed by atoms with van der Waals surface area (Å²) in [5.74, 6) is 0.992. The van der Waals surface area contributed by atoms with Gasteiger partial charge in [-0.05, 0) is 55.9 Å². The number of rotatable bonds is 5. The van der Waals surface area contributed by atoms with Crippen molar-refractivity contribution in [1.29, 1.82) is 0 Å². The number of likely N-dealkylation sites (N-methyl/N-ethyl adjacent to an activating group) is 1. The highest BCUT2D eigenvalue weighted by atomic mass is 35.5. The molecule has 1 N–H and O–H groups in total. The van der Waals surface area contributed by atoms with Gasteiger partial charge >= 0.3 is 0 Å². The predicted molar refractivity (Wildman–Crippen MR) is 162 cm³/mol. The third kappa shape index (κ3) is 5.93. The van der Waals surface area contributed by atoms with Crippen molar-refractivity contribution in [3.63, 3.8) is 0 Å². The summed E-state index contributed by atoms with van der Waals surface area (Å²) in [7, 11) is 2.17. The topological polar surface area (TPSA) is 71.2 Å². The van der Waals surface area contributed by atoms with Crippen molar-refractivity contribution >= 4 is 30.6 Å². The average Bonchev–Trinajstić information content (AvgIpc) is 3.30. The van der Waals surface area contributed by atoms with Gasteiger partial charge in [-0.3, -0.25) is 4.79 Å². The molecule has 2 aliphatic heterocycles. The molecule has 212 valence electrons. The van der Waals surface area contributed by atoms with Gasteiger partial charge in [-0.2, -0.15) is 14.9 Å². The van der Waals surface area contributed by atoms with E-state index in [1.807, 2.05) is 35.9 Å². The van der Waals surface area contributed by atoms with Gasteiger partial charge in [-0.25, -0.2) is 9.07 Å². The molecule has 1 saturated heterocycles. The maximum Gasteiger partial charge on any atom is 0.271 e. The molecule has 0 radical (unpaired) electrons. The zero-order chi connectivity index (χ0) is 26.2. The van der Waals surface area contributed by atoms with Crippen molar-refractivity contribution in [3.8, 4) is 28.2 Å². The molecule has 0 saturated carbocycles. The molecule has 8 nitrogen and oxygen atoms in total. The Morgan fingerprint density at radius 2 is 1.68 bits per heavy atom. The number of hydrogen-bond acceptors (Lipinski definition) is 6. The van der Waals surface area contributed by atoms with Crippen molar-refractivity contribution in [1.82, 2.24) is 29.4 Å². The molecule has 6 rings (SSSR count). The summed E-state index contributed by atoms with van der Waals surface area (Å²) >= 11 is 0. The number of halogens is 3. The number of para-hydroxylation sites is 1. The minimum absolute atomic E-state index is 0. The van der Waals surface area contributed by atoms with Crippen LogP contribution in [-0.2, 0) is 6.54 Å². The summed E-state index contributed by atoms with van der Waals surface area (Å²) < 4.78 is 17.2. The van der Waals surface area contributed by atoms with E-state index in [1.54, 1.807) is 24.3 Å². The second-order valence-corrected chi connectivity index (χ2v) is 10.4. The number of hydrogen-bond donors (Lipinski definition) is 1. The molecule has 0 amide bonds. The number of anilines is 1. The predicted octanol–water partition coefficient (Wildman–Crippen LogP) is 4.34. The van der Waals surface area contributed by atoms with Gasteiger partial charge in [0.1, 0.15) is 17.3 Å². The van der Waals surface area contributed by atoms with Gasteiger partial charge in [-0.15, -0.1) is 24.8 Å². The van der Waals surface area contributed by atoms with Crippen molar-refractivity contribution in [2.75, 3.05) is 51.6 Å². The first-order valence-corrected chi connectivity index (χ1v) is 13.1. The third-order valence-electron chi connectivity index (χ3n) is 7.57. The smallest absolute Gasteiger partial charge is 0.271 e. The standard InChI is InChI=1S/C29H32FN7O.2ClH/c1-20-5-3-4-6-25(20)37-26(38)12-11-24(32-37)27-28(22-7-9-23(30)10-8-22)33-36-19-21(17-31-29(27)36)18-35-15-13-34(2)14-16-35;;/h3-12,21,31H,13-19H2,1-2H3;2*1H. The number of nitrogens with zero attached hydrogens (tertiary/aromatic N) is 6. The van der Waals surface area contributed by atoms with E-state index < -0.39 is 0 Å². The first kappa shape index (κ1) is 29.7. The van der Waals surface area contributed by atoms with Crippen LogP contribution in [0.5, 0.6) is 0 Å². The fraction of sp³-hybridized carbons (Fsp3) is 0.345. The number of piperazine rings is 1. The minimum atomic E-state index is -0.295. The van der Waals surface area contributed by atoms with Crippen molar-refractivity contribution < 1.29 is 4.39 Å². The highest BCUT2D eigenvalue weighted by molar-refractivity contribution is 5.87. The summed E-state index contributed by atoms with van der Waals surface area (Å²) in [6.45, 7) is 8.92. The van der Waals surface area contributed by atoms with Crippen LogP contribution in [0, 0.1) is 18.7 Å². The second kappa shape index (κ2) is 12.5. The van der Waals surface area contributed by atoms with Gasteiger partial charge in [0.25, 0.3) is 5.56 Å². The molecule has 40 heavy (non-hydrogen) atoms. The quantitative estimate of drug-likeness (QED) is 0.375. The maximum absolute atomic E-state index is 13.8. The molecular formula is C29H34Cl2FN7O. The monoisotopic (exact) mass is 585 g/mol. The zero-order valence-electron chi connectivity index (χ0n) is 22.6.